The van der Waals surface area contributed by atoms with Crippen molar-refractivity contribution in [2.45, 2.75) is 31.8 Å². The molecule has 2 saturated heterocycles. The molecule has 0 aliphatic carbocycles. The molecule has 120 valence electrons. The molecule has 5 heteroatoms. The van der Waals surface area contributed by atoms with Gasteiger partial charge in [-0.25, -0.2) is 0 Å². The molecule has 0 saturated carbocycles. The second-order valence-corrected chi connectivity index (χ2v) is 6.36. The quantitative estimate of drug-likeness (QED) is 0.894. The number of pyridine rings is 1. The molecule has 0 bridgehead atoms. The van der Waals surface area contributed by atoms with Crippen molar-refractivity contribution in [1.82, 2.24) is 14.8 Å². The Hall–Kier alpha value is -1.46. The van der Waals surface area contributed by atoms with Crippen LogP contribution in [0.15, 0.2) is 24.4 Å². The minimum absolute atomic E-state index is 0.291. The molecule has 2 aliphatic rings. The van der Waals surface area contributed by atoms with E-state index in [2.05, 4.69) is 9.88 Å². The van der Waals surface area contributed by atoms with E-state index >= 15 is 0 Å². The molecule has 0 radical (unpaired) electrons. The van der Waals surface area contributed by atoms with Crippen molar-refractivity contribution in [3.63, 3.8) is 0 Å². The molecule has 1 amide bonds. The van der Waals surface area contributed by atoms with Gasteiger partial charge in [-0.05, 0) is 50.4 Å². The Morgan fingerprint density at radius 2 is 2.05 bits per heavy atom. The van der Waals surface area contributed by atoms with Crippen LogP contribution in [-0.4, -0.2) is 58.5 Å². The largest absolute Gasteiger partial charge is 0.387 e. The van der Waals surface area contributed by atoms with Gasteiger partial charge in [0.05, 0.1) is 11.8 Å². The molecule has 0 aromatic carbocycles. The highest BCUT2D eigenvalue weighted by molar-refractivity contribution is 5.78. The Morgan fingerprint density at radius 3 is 2.68 bits per heavy atom. The minimum Gasteiger partial charge on any atom is -0.387 e. The fraction of sp³-hybridized carbons (Fsp3) is 0.647. The van der Waals surface area contributed by atoms with Gasteiger partial charge >= 0.3 is 0 Å². The van der Waals surface area contributed by atoms with Crippen LogP contribution in [0, 0.1) is 5.92 Å². The number of piperidine rings is 1. The van der Waals surface area contributed by atoms with E-state index in [1.54, 1.807) is 6.20 Å². The molecule has 0 spiro atoms. The highest BCUT2D eigenvalue weighted by Crippen LogP contribution is 2.29. The second kappa shape index (κ2) is 7.20. The molecular formula is C17H25N3O2. The van der Waals surface area contributed by atoms with Crippen molar-refractivity contribution in [1.29, 1.82) is 0 Å². The molecule has 2 aliphatic heterocycles. The summed E-state index contributed by atoms with van der Waals surface area (Å²) in [5.74, 6) is 0.597. The van der Waals surface area contributed by atoms with Crippen molar-refractivity contribution >= 4 is 5.91 Å². The summed E-state index contributed by atoms with van der Waals surface area (Å²) in [6.07, 6.45) is 5.00. The normalized spacial score (nSPS) is 22.2. The number of nitrogens with zero attached hydrogens (tertiary/aromatic N) is 3. The van der Waals surface area contributed by atoms with Gasteiger partial charge in [-0.3, -0.25) is 9.78 Å². The predicted molar refractivity (Wildman–Crippen MR) is 84.2 cm³/mol. The van der Waals surface area contributed by atoms with Crippen LogP contribution in [0.4, 0.5) is 0 Å². The van der Waals surface area contributed by atoms with Crippen LogP contribution >= 0.6 is 0 Å². The van der Waals surface area contributed by atoms with Gasteiger partial charge in [0.1, 0.15) is 0 Å². The van der Waals surface area contributed by atoms with Crippen LogP contribution in [0.25, 0.3) is 0 Å². The second-order valence-electron chi connectivity index (χ2n) is 6.36. The van der Waals surface area contributed by atoms with Crippen LogP contribution < -0.4 is 0 Å². The zero-order valence-electron chi connectivity index (χ0n) is 13.0. The summed E-state index contributed by atoms with van der Waals surface area (Å²) < 4.78 is 0. The molecular weight excluding hydrogens is 278 g/mol. The van der Waals surface area contributed by atoms with E-state index in [0.29, 0.717) is 11.8 Å². The van der Waals surface area contributed by atoms with Gasteiger partial charge in [0.25, 0.3) is 0 Å². The molecule has 1 aromatic heterocycles. The summed E-state index contributed by atoms with van der Waals surface area (Å²) in [7, 11) is 0. The zero-order chi connectivity index (χ0) is 15.4. The summed E-state index contributed by atoms with van der Waals surface area (Å²) in [5, 5.41) is 10.4. The summed E-state index contributed by atoms with van der Waals surface area (Å²) in [4.78, 5) is 20.3. The lowest BCUT2D eigenvalue weighted by molar-refractivity contribution is -0.127. The number of likely N-dealkylation sites (tertiary alicyclic amines) is 2. The standard InChI is InChI=1S/C17H25N3O2/c21-16-5-3-9-20(16)13-12-19-10-6-14(7-11-19)17(22)15-4-1-2-8-18-15/h1-2,4,8,14,17,22H,3,5-7,9-13H2. The number of aromatic nitrogens is 1. The maximum Gasteiger partial charge on any atom is 0.222 e. The van der Waals surface area contributed by atoms with Crippen molar-refractivity contribution in [2.24, 2.45) is 5.92 Å². The number of aliphatic hydroxyl groups excluding tert-OH is 1. The van der Waals surface area contributed by atoms with E-state index in [9.17, 15) is 9.90 Å². The van der Waals surface area contributed by atoms with Gasteiger partial charge in [0, 0.05) is 32.3 Å². The topological polar surface area (TPSA) is 56.7 Å². The maximum atomic E-state index is 11.6. The SMILES string of the molecule is O=C1CCCN1CCN1CCC(C(O)c2ccccn2)CC1. The first-order valence-electron chi connectivity index (χ1n) is 8.33. The summed E-state index contributed by atoms with van der Waals surface area (Å²) >= 11 is 0. The molecule has 1 N–H and O–H groups in total. The third-order valence-corrected chi connectivity index (χ3v) is 4.93. The zero-order valence-corrected chi connectivity index (χ0v) is 13.0. The lowest BCUT2D eigenvalue weighted by Gasteiger charge is -2.34. The van der Waals surface area contributed by atoms with Crippen LogP contribution in [-0.2, 0) is 4.79 Å². The van der Waals surface area contributed by atoms with E-state index in [-0.39, 0.29) is 0 Å². The van der Waals surface area contributed by atoms with Crippen molar-refractivity contribution in [3.8, 4) is 0 Å². The Labute approximate surface area is 131 Å². The Kier molecular flexibility index (Phi) is 5.05. The van der Waals surface area contributed by atoms with Crippen LogP contribution in [0.3, 0.4) is 0 Å². The van der Waals surface area contributed by atoms with E-state index in [0.717, 1.165) is 64.1 Å². The van der Waals surface area contributed by atoms with Gasteiger partial charge in [-0.1, -0.05) is 6.07 Å². The Bertz CT molecular complexity index is 486. The highest BCUT2D eigenvalue weighted by Gasteiger charge is 2.27. The molecule has 3 rings (SSSR count). The number of hydrogen-bond acceptors (Lipinski definition) is 4. The maximum absolute atomic E-state index is 11.6. The number of hydrogen-bond donors (Lipinski definition) is 1. The minimum atomic E-state index is -0.455. The first-order chi connectivity index (χ1) is 10.7. The van der Waals surface area contributed by atoms with Crippen molar-refractivity contribution < 1.29 is 9.90 Å². The highest BCUT2D eigenvalue weighted by atomic mass is 16.3. The van der Waals surface area contributed by atoms with Crippen LogP contribution in [0.5, 0.6) is 0 Å². The molecule has 1 unspecified atom stereocenters. The van der Waals surface area contributed by atoms with Crippen molar-refractivity contribution in [3.05, 3.63) is 30.1 Å². The Morgan fingerprint density at radius 1 is 1.23 bits per heavy atom. The van der Waals surface area contributed by atoms with Gasteiger partial charge in [-0.2, -0.15) is 0 Å². The molecule has 1 atom stereocenters. The third kappa shape index (κ3) is 3.65. The number of aliphatic hydroxyl groups is 1. The fourth-order valence-corrected chi connectivity index (χ4v) is 3.49. The lowest BCUT2D eigenvalue weighted by atomic mass is 9.89. The van der Waals surface area contributed by atoms with Crippen LogP contribution in [0.2, 0.25) is 0 Å². The van der Waals surface area contributed by atoms with E-state index in [1.807, 2.05) is 23.1 Å². The average molecular weight is 303 g/mol. The molecule has 22 heavy (non-hydrogen) atoms. The van der Waals surface area contributed by atoms with Gasteiger partial charge in [0.2, 0.25) is 5.91 Å². The third-order valence-electron chi connectivity index (χ3n) is 4.93. The molecule has 2 fully saturated rings. The van der Waals surface area contributed by atoms with Gasteiger partial charge < -0.3 is 14.9 Å². The van der Waals surface area contributed by atoms with Gasteiger partial charge in [-0.15, -0.1) is 0 Å². The monoisotopic (exact) mass is 303 g/mol. The average Bonchev–Trinajstić information content (AvgIpc) is 2.99. The number of carbonyl (C=O) groups is 1. The first-order valence-corrected chi connectivity index (χ1v) is 8.33. The summed E-state index contributed by atoms with van der Waals surface area (Å²) in [5.41, 5.74) is 0.781. The smallest absolute Gasteiger partial charge is 0.222 e. The van der Waals surface area contributed by atoms with Crippen LogP contribution in [0.1, 0.15) is 37.5 Å². The Balaban J connectivity index is 1.43. The van der Waals surface area contributed by atoms with Gasteiger partial charge in [0.15, 0.2) is 0 Å². The lowest BCUT2D eigenvalue weighted by Crippen LogP contribution is -2.41. The summed E-state index contributed by atoms with van der Waals surface area (Å²) in [6, 6.07) is 5.70. The fourth-order valence-electron chi connectivity index (χ4n) is 3.49. The molecule has 3 heterocycles. The number of carbonyl (C=O) groups excluding carboxylic acids is 1. The number of amides is 1. The summed E-state index contributed by atoms with van der Waals surface area (Å²) in [6.45, 7) is 4.73. The first kappa shape index (κ1) is 15.4. The van der Waals surface area contributed by atoms with E-state index in [4.69, 9.17) is 0 Å². The predicted octanol–water partition coefficient (Wildman–Crippen LogP) is 1.45. The van der Waals surface area contributed by atoms with E-state index < -0.39 is 6.10 Å². The number of rotatable bonds is 5. The molecule has 1 aromatic rings. The van der Waals surface area contributed by atoms with E-state index in [1.165, 1.54) is 0 Å². The van der Waals surface area contributed by atoms with Crippen molar-refractivity contribution in [2.75, 3.05) is 32.7 Å². The molecule has 5 nitrogen and oxygen atoms in total.